The first kappa shape index (κ1) is 25.0. The molecular weight excluding hydrogens is 502 g/mol. The Morgan fingerprint density at radius 2 is 1.51 bits per heavy atom. The number of hydrogen-bond donors (Lipinski definition) is 1. The minimum Gasteiger partial charge on any atom is -0.506 e. The van der Waals surface area contributed by atoms with Crippen molar-refractivity contribution in [1.29, 1.82) is 0 Å². The van der Waals surface area contributed by atoms with Crippen molar-refractivity contribution >= 4 is 28.1 Å². The van der Waals surface area contributed by atoms with Gasteiger partial charge in [0, 0.05) is 22.6 Å². The van der Waals surface area contributed by atoms with E-state index in [-0.39, 0.29) is 11.2 Å². The van der Waals surface area contributed by atoms with Crippen molar-refractivity contribution in [1.82, 2.24) is 9.97 Å². The second-order valence-electron chi connectivity index (χ2n) is 11.4. The van der Waals surface area contributed by atoms with E-state index in [0.717, 1.165) is 56.1 Å². The summed E-state index contributed by atoms with van der Waals surface area (Å²) in [5, 5.41) is 11.7. The molecule has 0 aliphatic carbocycles. The summed E-state index contributed by atoms with van der Waals surface area (Å²) in [5.74, 6) is 1.07. The van der Waals surface area contributed by atoms with Gasteiger partial charge in [-0.15, -0.1) is 0 Å². The van der Waals surface area contributed by atoms with Gasteiger partial charge in [-0.2, -0.15) is 0 Å². The van der Waals surface area contributed by atoms with E-state index in [0.29, 0.717) is 5.52 Å². The molecule has 3 heterocycles. The van der Waals surface area contributed by atoms with Crippen LogP contribution in [0.3, 0.4) is 0 Å². The average Bonchev–Trinajstić information content (AvgIpc) is 2.99. The largest absolute Gasteiger partial charge is 0.506 e. The van der Waals surface area contributed by atoms with Crippen LogP contribution in [0.15, 0.2) is 109 Å². The number of aromatic nitrogens is 2. The molecule has 0 amide bonds. The van der Waals surface area contributed by atoms with E-state index >= 15 is 0 Å². The Morgan fingerprint density at radius 3 is 2.32 bits per heavy atom. The van der Waals surface area contributed by atoms with E-state index in [1.165, 1.54) is 11.1 Å². The number of anilines is 3. The van der Waals surface area contributed by atoms with Crippen LogP contribution in [-0.2, 0) is 5.41 Å². The number of nitrogens with zero attached hydrogens (tertiary/aromatic N) is 3. The number of phenolic OH excluding ortho intramolecular Hbond substituents is 1. The van der Waals surface area contributed by atoms with E-state index in [9.17, 15) is 5.11 Å². The predicted octanol–water partition coefficient (Wildman–Crippen LogP) is 9.40. The maximum Gasteiger partial charge on any atom is 0.141 e. The first-order valence-corrected chi connectivity index (χ1v) is 14.0. The van der Waals surface area contributed by atoms with Crippen LogP contribution in [0, 0.1) is 13.8 Å². The number of para-hydroxylation sites is 1. The van der Waals surface area contributed by atoms with Crippen LogP contribution >= 0.6 is 0 Å². The molecule has 0 spiro atoms. The normalized spacial score (nSPS) is 13.6. The van der Waals surface area contributed by atoms with Crippen LogP contribution in [0.4, 0.5) is 17.2 Å². The molecule has 0 saturated carbocycles. The van der Waals surface area contributed by atoms with Gasteiger partial charge in [-0.3, -0.25) is 4.90 Å². The zero-order valence-electron chi connectivity index (χ0n) is 23.7. The third-order valence-electron chi connectivity index (χ3n) is 8.37. The van der Waals surface area contributed by atoms with Gasteiger partial charge in [0.1, 0.15) is 17.1 Å². The zero-order chi connectivity index (χ0) is 28.3. The second kappa shape index (κ2) is 9.31. The lowest BCUT2D eigenvalue weighted by Crippen LogP contribution is -2.31. The maximum absolute atomic E-state index is 10.7. The van der Waals surface area contributed by atoms with Gasteiger partial charge in [-0.1, -0.05) is 74.5 Å². The SMILES string of the molecule is Cc1ccnc(N2c3ccccc3C(C)(C)c3c(-c4ccccc4)cc(-c4ccc5c(C)ccc(O)c5n4)cc32)c1. The Bertz CT molecular complexity index is 1960. The molecular formula is C37H31N3O. The Morgan fingerprint density at radius 1 is 0.732 bits per heavy atom. The molecule has 0 radical (unpaired) electrons. The fourth-order valence-corrected chi connectivity index (χ4v) is 6.31. The number of aromatic hydroxyl groups is 1. The highest BCUT2D eigenvalue weighted by molar-refractivity contribution is 5.94. The molecule has 0 fully saturated rings. The van der Waals surface area contributed by atoms with Crippen molar-refractivity contribution in [3.63, 3.8) is 0 Å². The van der Waals surface area contributed by atoms with Crippen molar-refractivity contribution in [2.75, 3.05) is 4.90 Å². The van der Waals surface area contributed by atoms with Gasteiger partial charge in [0.15, 0.2) is 0 Å². The van der Waals surface area contributed by atoms with E-state index in [1.54, 1.807) is 6.07 Å². The van der Waals surface area contributed by atoms with E-state index in [1.807, 2.05) is 25.3 Å². The van der Waals surface area contributed by atoms with Gasteiger partial charge in [-0.05, 0) is 89.7 Å². The van der Waals surface area contributed by atoms with Crippen LogP contribution in [0.1, 0.15) is 36.1 Å². The van der Waals surface area contributed by atoms with Crippen molar-refractivity contribution in [3.05, 3.63) is 132 Å². The van der Waals surface area contributed by atoms with Gasteiger partial charge in [0.25, 0.3) is 0 Å². The number of aryl methyl sites for hydroxylation is 2. The number of fused-ring (bicyclic) bond motifs is 3. The first-order chi connectivity index (χ1) is 19.8. The molecule has 1 aliphatic heterocycles. The molecule has 0 saturated heterocycles. The number of pyridine rings is 2. The maximum atomic E-state index is 10.7. The monoisotopic (exact) mass is 533 g/mol. The molecule has 0 unspecified atom stereocenters. The van der Waals surface area contributed by atoms with Crippen LogP contribution in [0.2, 0.25) is 0 Å². The molecule has 2 aromatic heterocycles. The summed E-state index contributed by atoms with van der Waals surface area (Å²) in [7, 11) is 0. The average molecular weight is 534 g/mol. The zero-order valence-corrected chi connectivity index (χ0v) is 23.7. The number of benzene rings is 4. The van der Waals surface area contributed by atoms with Gasteiger partial charge < -0.3 is 5.11 Å². The molecule has 1 aliphatic rings. The highest BCUT2D eigenvalue weighted by Gasteiger charge is 2.39. The van der Waals surface area contributed by atoms with E-state index < -0.39 is 0 Å². The third-order valence-corrected chi connectivity index (χ3v) is 8.37. The first-order valence-electron chi connectivity index (χ1n) is 14.0. The summed E-state index contributed by atoms with van der Waals surface area (Å²) in [6.45, 7) is 8.77. The van der Waals surface area contributed by atoms with Crippen molar-refractivity contribution in [2.24, 2.45) is 0 Å². The standard InChI is InChI=1S/C37H31N3O/c1-23-18-19-38-34(20-23)40-31-13-9-8-12-29(31)37(3,4)35-28(25-10-6-5-7-11-25)21-26(22-32(35)40)30-16-15-27-24(2)14-17-33(41)36(27)39-30/h5-22,41H,1-4H3. The fourth-order valence-electron chi connectivity index (χ4n) is 6.31. The lowest BCUT2D eigenvalue weighted by molar-refractivity contribution is 0.480. The van der Waals surface area contributed by atoms with E-state index in [2.05, 4.69) is 111 Å². The minimum absolute atomic E-state index is 0.189. The Balaban J connectivity index is 1.58. The van der Waals surface area contributed by atoms with Crippen LogP contribution in [-0.4, -0.2) is 15.1 Å². The van der Waals surface area contributed by atoms with Gasteiger partial charge in [0.2, 0.25) is 0 Å². The summed E-state index contributed by atoms with van der Waals surface area (Å²) in [4.78, 5) is 12.1. The molecule has 7 rings (SSSR count). The molecule has 4 nitrogen and oxygen atoms in total. The smallest absolute Gasteiger partial charge is 0.141 e. The van der Waals surface area contributed by atoms with Crippen LogP contribution in [0.25, 0.3) is 33.3 Å². The summed E-state index contributed by atoms with van der Waals surface area (Å²) in [6, 6.07) is 35.7. The highest BCUT2D eigenvalue weighted by atomic mass is 16.3. The fraction of sp³-hybridized carbons (Fsp3) is 0.135. The summed E-state index contributed by atoms with van der Waals surface area (Å²) in [5.41, 5.74) is 11.4. The van der Waals surface area contributed by atoms with E-state index in [4.69, 9.17) is 9.97 Å². The Kier molecular flexibility index (Phi) is 5.69. The minimum atomic E-state index is -0.276. The lowest BCUT2D eigenvalue weighted by atomic mass is 9.70. The third kappa shape index (κ3) is 3.98. The molecule has 0 bridgehead atoms. The highest BCUT2D eigenvalue weighted by Crippen LogP contribution is 2.55. The topological polar surface area (TPSA) is 49.2 Å². The number of phenols is 1. The molecule has 4 heteroatoms. The molecule has 4 aromatic carbocycles. The van der Waals surface area contributed by atoms with Crippen molar-refractivity contribution in [2.45, 2.75) is 33.1 Å². The molecule has 41 heavy (non-hydrogen) atoms. The number of rotatable bonds is 3. The molecule has 0 atom stereocenters. The summed E-state index contributed by atoms with van der Waals surface area (Å²) < 4.78 is 0. The summed E-state index contributed by atoms with van der Waals surface area (Å²) in [6.07, 6.45) is 1.88. The summed E-state index contributed by atoms with van der Waals surface area (Å²) >= 11 is 0. The lowest BCUT2D eigenvalue weighted by Gasteiger charge is -2.43. The van der Waals surface area contributed by atoms with Crippen LogP contribution < -0.4 is 4.90 Å². The quantitative estimate of drug-likeness (QED) is 0.246. The van der Waals surface area contributed by atoms with Crippen molar-refractivity contribution < 1.29 is 5.11 Å². The molecule has 6 aromatic rings. The Hall–Kier alpha value is -4.96. The molecule has 200 valence electrons. The van der Waals surface area contributed by atoms with Crippen LogP contribution in [0.5, 0.6) is 5.75 Å². The van der Waals surface area contributed by atoms with Gasteiger partial charge in [0.05, 0.1) is 17.1 Å². The Labute approximate surface area is 240 Å². The van der Waals surface area contributed by atoms with Gasteiger partial charge in [-0.25, -0.2) is 9.97 Å². The predicted molar refractivity (Wildman–Crippen MR) is 168 cm³/mol. The molecule has 1 N–H and O–H groups in total. The number of hydrogen-bond acceptors (Lipinski definition) is 4. The van der Waals surface area contributed by atoms with Crippen molar-refractivity contribution in [3.8, 4) is 28.1 Å². The second-order valence-corrected chi connectivity index (χ2v) is 11.4. The van der Waals surface area contributed by atoms with Gasteiger partial charge >= 0.3 is 0 Å².